The van der Waals surface area contributed by atoms with Crippen LogP contribution in [0.25, 0.3) is 0 Å². The van der Waals surface area contributed by atoms with E-state index >= 15 is 0 Å². The smallest absolute Gasteiger partial charge is 0.245 e. The molecule has 1 aromatic rings. The molecule has 6 heteroatoms. The minimum atomic E-state index is -3.53. The first kappa shape index (κ1) is 16.9. The first-order valence-electron chi connectivity index (χ1n) is 6.58. The Bertz CT molecular complexity index is 568. The van der Waals surface area contributed by atoms with E-state index in [-0.39, 0.29) is 0 Å². The zero-order chi connectivity index (χ0) is 15.6. The van der Waals surface area contributed by atoms with Gasteiger partial charge in [0.05, 0.1) is 0 Å². The summed E-state index contributed by atoms with van der Waals surface area (Å²) in [6, 6.07) is 1.72. The topological polar surface area (TPSA) is 54.3 Å². The van der Waals surface area contributed by atoms with Crippen LogP contribution in [0.1, 0.15) is 26.5 Å². The molecular weight excluding hydrogens is 274 g/mol. The second-order valence-corrected chi connectivity index (χ2v) is 7.67. The van der Waals surface area contributed by atoms with E-state index in [9.17, 15) is 8.42 Å². The van der Waals surface area contributed by atoms with Gasteiger partial charge in [-0.1, -0.05) is 6.08 Å². The normalized spacial score (nSPS) is 12.9. The molecule has 1 heterocycles. The second kappa shape index (κ2) is 6.11. The summed E-state index contributed by atoms with van der Waals surface area (Å²) < 4.78 is 28.9. The van der Waals surface area contributed by atoms with Crippen molar-refractivity contribution in [3.63, 3.8) is 0 Å². The first-order chi connectivity index (χ1) is 9.14. The molecular formula is C14H25N3O2S. The highest BCUT2D eigenvalue weighted by atomic mass is 32.2. The zero-order valence-electron chi connectivity index (χ0n) is 13.0. The van der Waals surface area contributed by atoms with Gasteiger partial charge in [0.1, 0.15) is 4.90 Å². The number of nitrogens with zero attached hydrogens (tertiary/aromatic N) is 2. The Hall–Kier alpha value is -1.11. The summed E-state index contributed by atoms with van der Waals surface area (Å²) in [6.45, 7) is 10.2. The Labute approximate surface area is 122 Å². The number of aryl methyl sites for hydroxylation is 1. The molecule has 0 unspecified atom stereocenters. The minimum Gasteiger partial charge on any atom is -0.352 e. The summed E-state index contributed by atoms with van der Waals surface area (Å²) in [5.74, 6) is 0. The van der Waals surface area contributed by atoms with E-state index in [4.69, 9.17) is 0 Å². The Morgan fingerprint density at radius 3 is 2.50 bits per heavy atom. The molecule has 0 fully saturated rings. The number of hydrogen-bond donors (Lipinski definition) is 1. The minimum absolute atomic E-state index is 0.294. The van der Waals surface area contributed by atoms with Gasteiger partial charge in [-0.3, -0.25) is 0 Å². The Balaban J connectivity index is 3.26. The van der Waals surface area contributed by atoms with E-state index in [1.807, 2.05) is 39.4 Å². The molecule has 0 amide bonds. The van der Waals surface area contributed by atoms with Gasteiger partial charge < -0.3 is 9.88 Å². The third-order valence-electron chi connectivity index (χ3n) is 3.07. The van der Waals surface area contributed by atoms with Crippen LogP contribution < -0.4 is 5.32 Å². The maximum atomic E-state index is 12.8. The highest BCUT2D eigenvalue weighted by molar-refractivity contribution is 7.89. The molecule has 0 aliphatic carbocycles. The first-order valence-corrected chi connectivity index (χ1v) is 8.02. The summed E-state index contributed by atoms with van der Waals surface area (Å²) in [7, 11) is 0.154. The largest absolute Gasteiger partial charge is 0.352 e. The third kappa shape index (κ3) is 3.50. The van der Waals surface area contributed by atoms with E-state index < -0.39 is 15.6 Å². The van der Waals surface area contributed by atoms with Crippen molar-refractivity contribution in [2.45, 2.75) is 37.8 Å². The predicted molar refractivity (Wildman–Crippen MR) is 82.0 cm³/mol. The molecule has 1 N–H and O–H groups in total. The van der Waals surface area contributed by atoms with Crippen molar-refractivity contribution in [3.05, 3.63) is 30.6 Å². The number of nitrogens with one attached hydrogen (secondary N) is 1. The van der Waals surface area contributed by atoms with Crippen molar-refractivity contribution < 1.29 is 8.42 Å². The lowest BCUT2D eigenvalue weighted by atomic mass is 10.1. The van der Waals surface area contributed by atoms with Gasteiger partial charge in [0.15, 0.2) is 0 Å². The van der Waals surface area contributed by atoms with Crippen molar-refractivity contribution in [2.75, 3.05) is 13.6 Å². The fourth-order valence-electron chi connectivity index (χ4n) is 2.05. The summed E-state index contributed by atoms with van der Waals surface area (Å²) in [6.07, 6.45) is 3.27. The van der Waals surface area contributed by atoms with Crippen molar-refractivity contribution >= 4 is 10.0 Å². The number of aromatic nitrogens is 1. The summed E-state index contributed by atoms with van der Waals surface area (Å²) in [5, 5.41) is 3.03. The molecule has 5 nitrogen and oxygen atoms in total. The molecule has 20 heavy (non-hydrogen) atoms. The van der Waals surface area contributed by atoms with E-state index in [1.54, 1.807) is 18.3 Å². The molecule has 0 spiro atoms. The van der Waals surface area contributed by atoms with E-state index in [2.05, 4.69) is 11.9 Å². The Morgan fingerprint density at radius 1 is 1.45 bits per heavy atom. The molecule has 1 rings (SSSR count). The molecule has 0 radical (unpaired) electrons. The summed E-state index contributed by atoms with van der Waals surface area (Å²) in [5.41, 5.74) is 0.435. The zero-order valence-corrected chi connectivity index (χ0v) is 13.8. The molecule has 1 aromatic heterocycles. The molecule has 0 atom stereocenters. The van der Waals surface area contributed by atoms with E-state index in [0.717, 1.165) is 5.69 Å². The standard InChI is InChI=1S/C14H25N3O2S/c1-7-8-17(14(2,3)4)20(18,19)13-9-12(10-15-5)16(6)11-13/h7,9,11,15H,1,8,10H2,2-6H3. The second-order valence-electron chi connectivity index (χ2n) is 5.80. The highest BCUT2D eigenvalue weighted by Gasteiger charge is 2.33. The van der Waals surface area contributed by atoms with Gasteiger partial charge >= 0.3 is 0 Å². The van der Waals surface area contributed by atoms with Crippen LogP contribution in [0.4, 0.5) is 0 Å². The maximum Gasteiger partial charge on any atom is 0.245 e. The van der Waals surface area contributed by atoms with Crippen LogP contribution in [0, 0.1) is 0 Å². The Morgan fingerprint density at radius 2 is 2.05 bits per heavy atom. The lowest BCUT2D eigenvalue weighted by molar-refractivity contribution is 0.270. The van der Waals surface area contributed by atoms with Gasteiger partial charge in [-0.05, 0) is 33.9 Å². The fourth-order valence-corrected chi connectivity index (χ4v) is 3.91. The number of sulfonamides is 1. The molecule has 0 aliphatic heterocycles. The lowest BCUT2D eigenvalue weighted by Gasteiger charge is -2.33. The third-order valence-corrected chi connectivity index (χ3v) is 5.17. The van der Waals surface area contributed by atoms with E-state index in [1.165, 1.54) is 4.31 Å². The SMILES string of the molecule is C=CCN(C(C)(C)C)S(=O)(=O)c1cc(CNC)n(C)c1. The van der Waals surface area contributed by atoms with Crippen LogP contribution >= 0.6 is 0 Å². The van der Waals surface area contributed by atoms with Crippen LogP contribution in [-0.4, -0.2) is 36.4 Å². The van der Waals surface area contributed by atoms with Crippen LogP contribution in [0.2, 0.25) is 0 Å². The molecule has 0 aromatic carbocycles. The Kier molecular flexibility index (Phi) is 5.18. The number of rotatable bonds is 6. The van der Waals surface area contributed by atoms with E-state index in [0.29, 0.717) is 18.0 Å². The van der Waals surface area contributed by atoms with Gasteiger partial charge in [-0.15, -0.1) is 6.58 Å². The fraction of sp³-hybridized carbons (Fsp3) is 0.571. The summed E-state index contributed by atoms with van der Waals surface area (Å²) in [4.78, 5) is 0.321. The molecule has 0 saturated carbocycles. The van der Waals surface area contributed by atoms with Gasteiger partial charge in [-0.2, -0.15) is 4.31 Å². The van der Waals surface area contributed by atoms with Crippen LogP contribution in [0.5, 0.6) is 0 Å². The molecule has 0 aliphatic rings. The average molecular weight is 299 g/mol. The average Bonchev–Trinajstić information content (AvgIpc) is 2.67. The monoisotopic (exact) mass is 299 g/mol. The van der Waals surface area contributed by atoms with Crippen molar-refractivity contribution in [1.29, 1.82) is 0 Å². The molecule has 0 bridgehead atoms. The van der Waals surface area contributed by atoms with Crippen molar-refractivity contribution in [3.8, 4) is 0 Å². The number of hydrogen-bond acceptors (Lipinski definition) is 3. The quantitative estimate of drug-likeness (QED) is 0.814. The van der Waals surface area contributed by atoms with Crippen molar-refractivity contribution in [1.82, 2.24) is 14.2 Å². The summed E-state index contributed by atoms with van der Waals surface area (Å²) >= 11 is 0. The highest BCUT2D eigenvalue weighted by Crippen LogP contribution is 2.25. The van der Waals surface area contributed by atoms with Gasteiger partial charge in [0.25, 0.3) is 0 Å². The van der Waals surface area contributed by atoms with Crippen LogP contribution in [0.3, 0.4) is 0 Å². The van der Waals surface area contributed by atoms with Gasteiger partial charge in [0.2, 0.25) is 10.0 Å². The molecule has 114 valence electrons. The van der Waals surface area contributed by atoms with Crippen LogP contribution in [0.15, 0.2) is 29.8 Å². The van der Waals surface area contributed by atoms with Crippen molar-refractivity contribution in [2.24, 2.45) is 7.05 Å². The lowest BCUT2D eigenvalue weighted by Crippen LogP contribution is -2.45. The van der Waals surface area contributed by atoms with Gasteiger partial charge in [0, 0.05) is 37.6 Å². The van der Waals surface area contributed by atoms with Crippen LogP contribution in [-0.2, 0) is 23.6 Å². The predicted octanol–water partition coefficient (Wildman–Crippen LogP) is 1.72. The molecule has 0 saturated heterocycles. The van der Waals surface area contributed by atoms with Gasteiger partial charge in [-0.25, -0.2) is 8.42 Å². The maximum absolute atomic E-state index is 12.8.